The van der Waals surface area contributed by atoms with Crippen LogP contribution in [0, 0.1) is 5.41 Å². The minimum atomic E-state index is -1.21. The van der Waals surface area contributed by atoms with Crippen LogP contribution in [0.15, 0.2) is 12.2 Å². The molecule has 0 amide bonds. The molecule has 0 radical (unpaired) electrons. The summed E-state index contributed by atoms with van der Waals surface area (Å²) in [6.07, 6.45) is 3.84. The van der Waals surface area contributed by atoms with Crippen molar-refractivity contribution in [3.05, 3.63) is 12.2 Å². The molecule has 0 aliphatic carbocycles. The van der Waals surface area contributed by atoms with Crippen LogP contribution in [-0.2, 0) is 19.1 Å². The summed E-state index contributed by atoms with van der Waals surface area (Å²) in [7, 11) is 0. The second-order valence-corrected chi connectivity index (χ2v) is 4.28. The van der Waals surface area contributed by atoms with Crippen LogP contribution in [0.25, 0.3) is 0 Å². The summed E-state index contributed by atoms with van der Waals surface area (Å²) in [6.45, 7) is 6.44. The van der Waals surface area contributed by atoms with Crippen molar-refractivity contribution in [3.63, 3.8) is 0 Å². The molecule has 0 atom stereocenters. The van der Waals surface area contributed by atoms with E-state index in [1.807, 2.05) is 6.92 Å². The zero-order valence-corrected chi connectivity index (χ0v) is 9.49. The van der Waals surface area contributed by atoms with E-state index in [9.17, 15) is 9.59 Å². The van der Waals surface area contributed by atoms with Gasteiger partial charge in [-0.25, -0.2) is 0 Å². The Morgan fingerprint density at radius 2 is 1.60 bits per heavy atom. The molecule has 0 aromatic heterocycles. The quantitative estimate of drug-likeness (QED) is 0.398. The van der Waals surface area contributed by atoms with Crippen LogP contribution in [-0.4, -0.2) is 17.7 Å². The molecule has 1 heterocycles. The molecule has 1 aliphatic rings. The highest BCUT2D eigenvalue weighted by molar-refractivity contribution is 6.01. The summed E-state index contributed by atoms with van der Waals surface area (Å²) in [5, 5.41) is 0. The van der Waals surface area contributed by atoms with Gasteiger partial charge in [0, 0.05) is 13.8 Å². The van der Waals surface area contributed by atoms with Gasteiger partial charge < -0.3 is 9.47 Å². The van der Waals surface area contributed by atoms with Gasteiger partial charge in [-0.3, -0.25) is 9.59 Å². The first-order valence-electron chi connectivity index (χ1n) is 4.90. The van der Waals surface area contributed by atoms with E-state index < -0.39 is 23.1 Å². The molecule has 4 heteroatoms. The topological polar surface area (TPSA) is 52.6 Å². The highest BCUT2D eigenvalue weighted by Crippen LogP contribution is 2.34. The van der Waals surface area contributed by atoms with E-state index in [0.29, 0.717) is 6.42 Å². The molecule has 0 bridgehead atoms. The van der Waals surface area contributed by atoms with E-state index in [1.54, 1.807) is 12.2 Å². The normalized spacial score (nSPS) is 23.7. The number of allylic oxidation sites excluding steroid dienone is 2. The molecule has 84 valence electrons. The zero-order valence-electron chi connectivity index (χ0n) is 9.49. The lowest BCUT2D eigenvalue weighted by Gasteiger charge is -2.37. The molecule has 1 saturated heterocycles. The highest BCUT2D eigenvalue weighted by Gasteiger charge is 2.52. The van der Waals surface area contributed by atoms with Gasteiger partial charge in [-0.1, -0.05) is 12.2 Å². The number of hydrogen-bond donors (Lipinski definition) is 0. The SMILES string of the molecule is C/C=C\CC1(C)C(=O)OC(C)(C)OC1=O. The molecular formula is C11H16O4. The molecule has 0 aromatic rings. The first-order chi connectivity index (χ1) is 6.82. The van der Waals surface area contributed by atoms with Crippen LogP contribution in [0.2, 0.25) is 0 Å². The monoisotopic (exact) mass is 212 g/mol. The highest BCUT2D eigenvalue weighted by atomic mass is 16.7. The molecule has 0 saturated carbocycles. The summed E-state index contributed by atoms with van der Waals surface area (Å²) in [6, 6.07) is 0. The van der Waals surface area contributed by atoms with Gasteiger partial charge in [0.1, 0.15) is 0 Å². The van der Waals surface area contributed by atoms with Gasteiger partial charge in [0.25, 0.3) is 5.79 Å². The lowest BCUT2D eigenvalue weighted by Crippen LogP contribution is -2.52. The molecule has 1 aliphatic heterocycles. The number of esters is 2. The summed E-state index contributed by atoms with van der Waals surface area (Å²) >= 11 is 0. The Kier molecular flexibility index (Phi) is 2.88. The van der Waals surface area contributed by atoms with Gasteiger partial charge >= 0.3 is 11.9 Å². The number of ether oxygens (including phenoxy) is 2. The maximum atomic E-state index is 11.7. The van der Waals surface area contributed by atoms with Gasteiger partial charge in [0.05, 0.1) is 0 Å². The molecular weight excluding hydrogens is 196 g/mol. The van der Waals surface area contributed by atoms with Crippen LogP contribution in [0.4, 0.5) is 0 Å². The third-order valence-corrected chi connectivity index (χ3v) is 2.34. The smallest absolute Gasteiger partial charge is 0.326 e. The van der Waals surface area contributed by atoms with Crippen molar-refractivity contribution in [3.8, 4) is 0 Å². The van der Waals surface area contributed by atoms with Crippen LogP contribution in [0.5, 0.6) is 0 Å². The van der Waals surface area contributed by atoms with Crippen molar-refractivity contribution >= 4 is 11.9 Å². The second-order valence-electron chi connectivity index (χ2n) is 4.28. The Labute approximate surface area is 89.2 Å². The maximum Gasteiger partial charge on any atom is 0.326 e. The summed E-state index contributed by atoms with van der Waals surface area (Å²) in [4.78, 5) is 23.4. The number of hydrogen-bond acceptors (Lipinski definition) is 4. The zero-order chi connectivity index (χ0) is 11.7. The second kappa shape index (κ2) is 3.68. The largest absolute Gasteiger partial charge is 0.422 e. The van der Waals surface area contributed by atoms with Gasteiger partial charge in [-0.05, 0) is 20.3 Å². The fourth-order valence-electron chi connectivity index (χ4n) is 1.30. The number of carbonyl (C=O) groups excluding carboxylic acids is 2. The molecule has 15 heavy (non-hydrogen) atoms. The van der Waals surface area contributed by atoms with Gasteiger partial charge in [-0.15, -0.1) is 0 Å². The van der Waals surface area contributed by atoms with E-state index in [-0.39, 0.29) is 0 Å². The number of carbonyl (C=O) groups is 2. The predicted octanol–water partition coefficient (Wildman–Crippen LogP) is 1.79. The van der Waals surface area contributed by atoms with E-state index in [1.165, 1.54) is 20.8 Å². The van der Waals surface area contributed by atoms with Gasteiger partial charge in [0.15, 0.2) is 5.41 Å². The minimum Gasteiger partial charge on any atom is -0.422 e. The minimum absolute atomic E-state index is 0.303. The Bertz CT molecular complexity index is 295. The number of cyclic esters (lactones) is 2. The summed E-state index contributed by atoms with van der Waals surface area (Å²) in [5.74, 6) is -2.20. The molecule has 0 unspecified atom stereocenters. The fraction of sp³-hybridized carbons (Fsp3) is 0.636. The van der Waals surface area contributed by atoms with Crippen LogP contribution >= 0.6 is 0 Å². The van der Waals surface area contributed by atoms with Crippen molar-refractivity contribution < 1.29 is 19.1 Å². The van der Waals surface area contributed by atoms with Crippen molar-refractivity contribution in [1.29, 1.82) is 0 Å². The lowest BCUT2D eigenvalue weighted by molar-refractivity contribution is -0.249. The Morgan fingerprint density at radius 3 is 2.00 bits per heavy atom. The average molecular weight is 212 g/mol. The number of rotatable bonds is 2. The van der Waals surface area contributed by atoms with Gasteiger partial charge in [0.2, 0.25) is 0 Å². The average Bonchev–Trinajstić information content (AvgIpc) is 2.10. The van der Waals surface area contributed by atoms with Crippen molar-refractivity contribution in [2.45, 2.75) is 39.9 Å². The van der Waals surface area contributed by atoms with Crippen LogP contribution < -0.4 is 0 Å². The van der Waals surface area contributed by atoms with E-state index in [2.05, 4.69) is 0 Å². The summed E-state index contributed by atoms with van der Waals surface area (Å²) < 4.78 is 10.1. The third kappa shape index (κ3) is 2.19. The molecule has 4 nitrogen and oxygen atoms in total. The third-order valence-electron chi connectivity index (χ3n) is 2.34. The Balaban J connectivity index is 2.91. The van der Waals surface area contributed by atoms with E-state index in [0.717, 1.165) is 0 Å². The van der Waals surface area contributed by atoms with Crippen molar-refractivity contribution in [2.75, 3.05) is 0 Å². The molecule has 0 N–H and O–H groups in total. The van der Waals surface area contributed by atoms with E-state index in [4.69, 9.17) is 9.47 Å². The summed E-state index contributed by atoms with van der Waals surface area (Å²) in [5.41, 5.74) is -1.21. The first kappa shape index (κ1) is 11.8. The van der Waals surface area contributed by atoms with Crippen molar-refractivity contribution in [1.82, 2.24) is 0 Å². The maximum absolute atomic E-state index is 11.7. The predicted molar refractivity (Wildman–Crippen MR) is 53.8 cm³/mol. The van der Waals surface area contributed by atoms with Gasteiger partial charge in [-0.2, -0.15) is 0 Å². The first-order valence-corrected chi connectivity index (χ1v) is 4.90. The van der Waals surface area contributed by atoms with Crippen LogP contribution in [0.1, 0.15) is 34.1 Å². The molecule has 1 rings (SSSR count). The van der Waals surface area contributed by atoms with Crippen LogP contribution in [0.3, 0.4) is 0 Å². The standard InChI is InChI=1S/C11H16O4/c1-5-6-7-11(4)8(12)14-10(2,3)15-9(11)13/h5-6H,7H2,1-4H3/b6-5-. The van der Waals surface area contributed by atoms with E-state index >= 15 is 0 Å². The molecule has 0 aromatic carbocycles. The molecule has 1 fully saturated rings. The Hall–Kier alpha value is -1.32. The molecule has 0 spiro atoms. The lowest BCUT2D eigenvalue weighted by atomic mass is 9.85. The van der Waals surface area contributed by atoms with Crippen molar-refractivity contribution in [2.24, 2.45) is 5.41 Å². The fourth-order valence-corrected chi connectivity index (χ4v) is 1.30. The Morgan fingerprint density at radius 1 is 1.13 bits per heavy atom.